The lowest BCUT2D eigenvalue weighted by Gasteiger charge is -2.10. The topological polar surface area (TPSA) is 67.4 Å². The molecule has 0 spiro atoms. The van der Waals surface area contributed by atoms with Crippen LogP contribution in [0.5, 0.6) is 0 Å². The van der Waals surface area contributed by atoms with Crippen LogP contribution in [0.3, 0.4) is 0 Å². The molecule has 6 heteroatoms. The Kier molecular flexibility index (Phi) is 4.11. The highest BCUT2D eigenvalue weighted by atomic mass is 32.2. The summed E-state index contributed by atoms with van der Waals surface area (Å²) in [7, 11) is -3.54. The van der Waals surface area contributed by atoms with E-state index < -0.39 is 10.0 Å². The summed E-state index contributed by atoms with van der Waals surface area (Å²) in [5, 5.41) is 3.19. The van der Waals surface area contributed by atoms with Crippen LogP contribution in [0.1, 0.15) is 6.42 Å². The fourth-order valence-corrected chi connectivity index (χ4v) is 2.57. The van der Waals surface area contributed by atoms with Gasteiger partial charge < -0.3 is 5.32 Å². The number of sulfonamides is 1. The molecule has 0 saturated carbocycles. The first-order valence-corrected chi connectivity index (χ1v) is 7.06. The molecule has 1 aliphatic rings. The minimum absolute atomic E-state index is 0.213. The van der Waals surface area contributed by atoms with E-state index in [0.717, 1.165) is 19.5 Å². The zero-order chi connectivity index (χ0) is 12.1. The van der Waals surface area contributed by atoms with Crippen LogP contribution in [0.4, 0.5) is 0 Å². The van der Waals surface area contributed by atoms with Crippen LogP contribution in [-0.2, 0) is 14.9 Å². The van der Waals surface area contributed by atoms with Gasteiger partial charge in [-0.25, -0.2) is 8.42 Å². The summed E-state index contributed by atoms with van der Waals surface area (Å²) in [6.45, 7) is 2.26. The van der Waals surface area contributed by atoms with Crippen molar-refractivity contribution in [2.75, 3.05) is 19.7 Å². The second-order valence-electron chi connectivity index (χ2n) is 4.07. The molecule has 1 heterocycles. The SMILES string of the molecule is O=S(=O)(NOCC1CCNC1)c1ccccc1. The molecule has 1 aromatic carbocycles. The molecule has 0 amide bonds. The Morgan fingerprint density at radius 1 is 1.35 bits per heavy atom. The van der Waals surface area contributed by atoms with Crippen molar-refractivity contribution in [1.29, 1.82) is 0 Å². The van der Waals surface area contributed by atoms with E-state index in [-0.39, 0.29) is 4.90 Å². The molecule has 0 aromatic heterocycles. The van der Waals surface area contributed by atoms with Crippen molar-refractivity contribution in [1.82, 2.24) is 10.2 Å². The van der Waals surface area contributed by atoms with Gasteiger partial charge in [0.25, 0.3) is 10.0 Å². The van der Waals surface area contributed by atoms with E-state index in [1.54, 1.807) is 18.2 Å². The van der Waals surface area contributed by atoms with Crippen LogP contribution >= 0.6 is 0 Å². The maximum absolute atomic E-state index is 11.8. The normalized spacial score (nSPS) is 20.6. The lowest BCUT2D eigenvalue weighted by atomic mass is 10.1. The average Bonchev–Trinajstić information content (AvgIpc) is 2.83. The maximum atomic E-state index is 11.8. The largest absolute Gasteiger partial charge is 0.316 e. The molecular formula is C11H16N2O3S. The second-order valence-corrected chi connectivity index (χ2v) is 5.71. The lowest BCUT2D eigenvalue weighted by molar-refractivity contribution is 0.0678. The van der Waals surface area contributed by atoms with Crippen LogP contribution in [0, 0.1) is 5.92 Å². The molecule has 1 unspecified atom stereocenters. The first-order valence-electron chi connectivity index (χ1n) is 5.58. The molecule has 1 saturated heterocycles. The van der Waals surface area contributed by atoms with E-state index in [1.807, 2.05) is 0 Å². The van der Waals surface area contributed by atoms with Crippen molar-refractivity contribution >= 4 is 10.0 Å². The minimum atomic E-state index is -3.54. The van der Waals surface area contributed by atoms with Gasteiger partial charge in [0.05, 0.1) is 11.5 Å². The van der Waals surface area contributed by atoms with Crippen molar-refractivity contribution in [2.24, 2.45) is 5.92 Å². The van der Waals surface area contributed by atoms with Gasteiger partial charge in [0.1, 0.15) is 0 Å². The molecule has 2 rings (SSSR count). The highest BCUT2D eigenvalue weighted by molar-refractivity contribution is 7.89. The molecule has 1 aromatic rings. The van der Waals surface area contributed by atoms with Crippen LogP contribution < -0.4 is 10.2 Å². The van der Waals surface area contributed by atoms with Gasteiger partial charge in [-0.3, -0.25) is 4.84 Å². The van der Waals surface area contributed by atoms with Crippen molar-refractivity contribution in [3.8, 4) is 0 Å². The fraction of sp³-hybridized carbons (Fsp3) is 0.455. The van der Waals surface area contributed by atoms with Crippen LogP contribution in [0.15, 0.2) is 35.2 Å². The summed E-state index contributed by atoms with van der Waals surface area (Å²) in [5.41, 5.74) is 0. The number of rotatable bonds is 5. The van der Waals surface area contributed by atoms with Gasteiger partial charge in [0, 0.05) is 6.54 Å². The zero-order valence-electron chi connectivity index (χ0n) is 9.43. The quantitative estimate of drug-likeness (QED) is 0.753. The van der Waals surface area contributed by atoms with Crippen LogP contribution in [0.2, 0.25) is 0 Å². The van der Waals surface area contributed by atoms with Crippen LogP contribution in [0.25, 0.3) is 0 Å². The van der Waals surface area contributed by atoms with E-state index >= 15 is 0 Å². The third kappa shape index (κ3) is 3.50. The second kappa shape index (κ2) is 5.59. The van der Waals surface area contributed by atoms with Crippen molar-refractivity contribution in [2.45, 2.75) is 11.3 Å². The van der Waals surface area contributed by atoms with Gasteiger partial charge in [-0.15, -0.1) is 0 Å². The van der Waals surface area contributed by atoms with E-state index in [9.17, 15) is 8.42 Å². The molecule has 94 valence electrons. The molecule has 2 N–H and O–H groups in total. The van der Waals surface area contributed by atoms with Crippen molar-refractivity contribution in [3.63, 3.8) is 0 Å². The smallest absolute Gasteiger partial charge is 0.262 e. The summed E-state index contributed by atoms with van der Waals surface area (Å²) in [4.78, 5) is 7.42. The Hall–Kier alpha value is -0.950. The summed E-state index contributed by atoms with van der Waals surface area (Å²) >= 11 is 0. The molecule has 17 heavy (non-hydrogen) atoms. The molecule has 0 bridgehead atoms. The van der Waals surface area contributed by atoms with Gasteiger partial charge in [0.15, 0.2) is 0 Å². The van der Waals surface area contributed by atoms with Gasteiger partial charge in [0.2, 0.25) is 0 Å². The molecule has 0 radical (unpaired) electrons. The number of nitrogens with one attached hydrogen (secondary N) is 2. The highest BCUT2D eigenvalue weighted by Gasteiger charge is 2.17. The molecule has 1 fully saturated rings. The van der Waals surface area contributed by atoms with Gasteiger partial charge in [-0.2, -0.15) is 0 Å². The minimum Gasteiger partial charge on any atom is -0.316 e. The van der Waals surface area contributed by atoms with E-state index in [1.165, 1.54) is 12.1 Å². The monoisotopic (exact) mass is 256 g/mol. The first-order chi connectivity index (χ1) is 8.18. The predicted octanol–water partition coefficient (Wildman–Crippen LogP) is 0.506. The molecule has 1 atom stereocenters. The summed E-state index contributed by atoms with van der Waals surface area (Å²) in [6, 6.07) is 8.18. The average molecular weight is 256 g/mol. The zero-order valence-corrected chi connectivity index (χ0v) is 10.2. The predicted molar refractivity (Wildman–Crippen MR) is 63.7 cm³/mol. The van der Waals surface area contributed by atoms with E-state index in [2.05, 4.69) is 10.2 Å². The summed E-state index contributed by atoms with van der Waals surface area (Å²) in [6.07, 6.45) is 1.02. The van der Waals surface area contributed by atoms with Gasteiger partial charge >= 0.3 is 0 Å². The number of hydrogen-bond acceptors (Lipinski definition) is 4. The molecule has 1 aliphatic heterocycles. The number of benzene rings is 1. The van der Waals surface area contributed by atoms with Crippen molar-refractivity contribution in [3.05, 3.63) is 30.3 Å². The van der Waals surface area contributed by atoms with E-state index in [0.29, 0.717) is 12.5 Å². The standard InChI is InChI=1S/C11H16N2O3S/c14-17(15,11-4-2-1-3-5-11)13-16-9-10-6-7-12-8-10/h1-5,10,12-13H,6-9H2. The van der Waals surface area contributed by atoms with Gasteiger partial charge in [-0.05, 0) is 31.0 Å². The Bertz CT molecular complexity index is 441. The lowest BCUT2D eigenvalue weighted by Crippen LogP contribution is -2.27. The Labute approximate surface area is 101 Å². The summed E-state index contributed by atoms with van der Waals surface area (Å²) < 4.78 is 23.5. The summed E-state index contributed by atoms with van der Waals surface area (Å²) in [5.74, 6) is 0.383. The molecule has 0 aliphatic carbocycles. The third-order valence-electron chi connectivity index (χ3n) is 2.70. The van der Waals surface area contributed by atoms with E-state index in [4.69, 9.17) is 4.84 Å². The number of hydrogen-bond donors (Lipinski definition) is 2. The molecule has 5 nitrogen and oxygen atoms in total. The highest BCUT2D eigenvalue weighted by Crippen LogP contribution is 2.09. The molecular weight excluding hydrogens is 240 g/mol. The Morgan fingerprint density at radius 3 is 2.76 bits per heavy atom. The first kappa shape index (κ1) is 12.5. The maximum Gasteiger partial charge on any atom is 0.262 e. The Balaban J connectivity index is 1.85. The third-order valence-corrected chi connectivity index (χ3v) is 3.93. The fourth-order valence-electron chi connectivity index (χ4n) is 1.73. The Morgan fingerprint density at radius 2 is 2.12 bits per heavy atom. The van der Waals surface area contributed by atoms with Crippen LogP contribution in [-0.4, -0.2) is 28.1 Å². The van der Waals surface area contributed by atoms with Crippen molar-refractivity contribution < 1.29 is 13.3 Å². The van der Waals surface area contributed by atoms with Gasteiger partial charge in [-0.1, -0.05) is 23.1 Å².